The Bertz CT molecular complexity index is 552. The lowest BCUT2D eigenvalue weighted by molar-refractivity contribution is 0.598. The van der Waals surface area contributed by atoms with E-state index in [1.165, 1.54) is 6.07 Å². The maximum absolute atomic E-state index is 14.0. The molecule has 2 unspecified atom stereocenters. The van der Waals surface area contributed by atoms with E-state index in [2.05, 4.69) is 0 Å². The van der Waals surface area contributed by atoms with Gasteiger partial charge >= 0.3 is 0 Å². The molecule has 1 nitrogen and oxygen atoms in total. The van der Waals surface area contributed by atoms with Gasteiger partial charge in [-0.05, 0) is 30.4 Å². The first-order valence-electron chi connectivity index (χ1n) is 5.75. The lowest BCUT2D eigenvalue weighted by Crippen LogP contribution is -2.17. The number of alkyl halides is 1. The summed E-state index contributed by atoms with van der Waals surface area (Å²) < 4.78 is 14.0. The van der Waals surface area contributed by atoms with Gasteiger partial charge in [0, 0.05) is 41.3 Å². The van der Waals surface area contributed by atoms with Crippen LogP contribution in [0.4, 0.5) is 10.1 Å². The zero-order valence-electron chi connectivity index (χ0n) is 10.5. The fourth-order valence-corrected chi connectivity index (χ4v) is 3.25. The van der Waals surface area contributed by atoms with Crippen molar-refractivity contribution in [2.45, 2.75) is 11.3 Å². The molecule has 0 amide bonds. The second kappa shape index (κ2) is 5.74. The maximum atomic E-state index is 14.0. The van der Waals surface area contributed by atoms with Crippen molar-refractivity contribution in [3.63, 3.8) is 0 Å². The van der Waals surface area contributed by atoms with Crippen LogP contribution in [0.3, 0.4) is 0 Å². The van der Waals surface area contributed by atoms with Crippen molar-refractivity contribution >= 4 is 40.5 Å². The highest BCUT2D eigenvalue weighted by Crippen LogP contribution is 2.41. The third kappa shape index (κ3) is 3.07. The summed E-state index contributed by atoms with van der Waals surface area (Å²) in [6.07, 6.45) is 3.27. The van der Waals surface area contributed by atoms with E-state index in [1.807, 2.05) is 19.0 Å². The number of halogens is 4. The molecule has 5 heteroatoms. The van der Waals surface area contributed by atoms with Gasteiger partial charge in [0.25, 0.3) is 0 Å². The molecule has 0 aliphatic heterocycles. The van der Waals surface area contributed by atoms with Crippen LogP contribution in [-0.2, 0) is 0 Å². The van der Waals surface area contributed by atoms with E-state index >= 15 is 0 Å². The Morgan fingerprint density at radius 1 is 1.21 bits per heavy atom. The molecular weight excluding hydrogens is 308 g/mol. The van der Waals surface area contributed by atoms with Crippen LogP contribution in [0.1, 0.15) is 11.5 Å². The fraction of sp³-hybridized carbons (Fsp3) is 0.286. The van der Waals surface area contributed by atoms with Gasteiger partial charge in [0.05, 0.1) is 5.38 Å². The largest absolute Gasteiger partial charge is 0.378 e. The molecule has 0 bridgehead atoms. The van der Waals surface area contributed by atoms with E-state index < -0.39 is 11.3 Å². The third-order valence-corrected chi connectivity index (χ3v) is 4.00. The Kier molecular flexibility index (Phi) is 4.44. The van der Waals surface area contributed by atoms with Crippen LogP contribution in [0.2, 0.25) is 0 Å². The van der Waals surface area contributed by atoms with Crippen molar-refractivity contribution < 1.29 is 4.39 Å². The van der Waals surface area contributed by atoms with Crippen molar-refractivity contribution in [3.8, 4) is 0 Å². The zero-order valence-corrected chi connectivity index (χ0v) is 12.8. The summed E-state index contributed by atoms with van der Waals surface area (Å²) in [6, 6.07) is 4.91. The number of allylic oxidation sites excluding steroid dienone is 4. The molecule has 0 spiro atoms. The Morgan fingerprint density at radius 2 is 1.89 bits per heavy atom. The molecule has 0 saturated heterocycles. The molecule has 0 fully saturated rings. The summed E-state index contributed by atoms with van der Waals surface area (Å²) >= 11 is 18.3. The van der Waals surface area contributed by atoms with Crippen molar-refractivity contribution in [1.82, 2.24) is 0 Å². The number of anilines is 1. The second-order valence-corrected chi connectivity index (χ2v) is 5.98. The SMILES string of the molecule is CN(C)c1ccc(F)c(C2C(Cl)=CC(Cl)=CC2Cl)c1. The van der Waals surface area contributed by atoms with Crippen LogP contribution in [0.25, 0.3) is 0 Å². The predicted octanol–water partition coefficient (Wildman–Crippen LogP) is 4.84. The van der Waals surface area contributed by atoms with Crippen molar-refractivity contribution in [1.29, 1.82) is 0 Å². The number of hydrogen-bond donors (Lipinski definition) is 0. The molecule has 2 rings (SSSR count). The maximum Gasteiger partial charge on any atom is 0.127 e. The quantitative estimate of drug-likeness (QED) is 0.705. The Morgan fingerprint density at radius 3 is 2.47 bits per heavy atom. The summed E-state index contributed by atoms with van der Waals surface area (Å²) in [6.45, 7) is 0. The molecule has 1 aromatic carbocycles. The van der Waals surface area contributed by atoms with Gasteiger partial charge in [0.15, 0.2) is 0 Å². The minimum Gasteiger partial charge on any atom is -0.378 e. The van der Waals surface area contributed by atoms with E-state index in [0.29, 0.717) is 15.6 Å². The smallest absolute Gasteiger partial charge is 0.127 e. The topological polar surface area (TPSA) is 3.24 Å². The van der Waals surface area contributed by atoms with Gasteiger partial charge in [-0.15, -0.1) is 11.6 Å². The Hall–Kier alpha value is -0.700. The van der Waals surface area contributed by atoms with Crippen molar-refractivity contribution in [2.75, 3.05) is 19.0 Å². The number of rotatable bonds is 2. The highest BCUT2D eigenvalue weighted by molar-refractivity contribution is 6.37. The highest BCUT2D eigenvalue weighted by Gasteiger charge is 2.29. The molecule has 0 heterocycles. The fourth-order valence-electron chi connectivity index (χ4n) is 2.04. The van der Waals surface area contributed by atoms with Crippen LogP contribution in [0, 0.1) is 5.82 Å². The lowest BCUT2D eigenvalue weighted by Gasteiger charge is -2.25. The van der Waals surface area contributed by atoms with Crippen LogP contribution >= 0.6 is 34.8 Å². The lowest BCUT2D eigenvalue weighted by atomic mass is 9.91. The summed E-state index contributed by atoms with van der Waals surface area (Å²) in [7, 11) is 3.79. The molecule has 1 aliphatic carbocycles. The van der Waals surface area contributed by atoms with Crippen LogP contribution in [0.5, 0.6) is 0 Å². The number of hydrogen-bond acceptors (Lipinski definition) is 1. The molecule has 102 valence electrons. The molecule has 2 atom stereocenters. The first-order chi connectivity index (χ1) is 8.90. The van der Waals surface area contributed by atoms with Crippen LogP contribution in [0.15, 0.2) is 40.4 Å². The molecule has 19 heavy (non-hydrogen) atoms. The predicted molar refractivity (Wildman–Crippen MR) is 81.0 cm³/mol. The van der Waals surface area contributed by atoms with E-state index in [4.69, 9.17) is 34.8 Å². The standard InChI is InChI=1S/C14H13Cl3FN/c1-19(2)9-3-4-13(18)10(7-9)14-11(16)5-8(15)6-12(14)17/h3-7,11,14H,1-2H3. The van der Waals surface area contributed by atoms with Crippen LogP contribution in [-0.4, -0.2) is 19.5 Å². The van der Waals surface area contributed by atoms with E-state index in [1.54, 1.807) is 24.3 Å². The van der Waals surface area contributed by atoms with E-state index in [9.17, 15) is 4.39 Å². The third-order valence-electron chi connectivity index (χ3n) is 3.04. The molecule has 0 aromatic heterocycles. The van der Waals surface area contributed by atoms with Gasteiger partial charge in [-0.1, -0.05) is 23.2 Å². The molecule has 0 N–H and O–H groups in total. The Balaban J connectivity index is 2.47. The van der Waals surface area contributed by atoms with Crippen LogP contribution < -0.4 is 4.90 Å². The van der Waals surface area contributed by atoms with Gasteiger partial charge in [-0.2, -0.15) is 0 Å². The Labute approximate surface area is 127 Å². The molecular formula is C14H13Cl3FN. The number of benzene rings is 1. The molecule has 0 saturated carbocycles. The zero-order chi connectivity index (χ0) is 14.2. The summed E-state index contributed by atoms with van der Waals surface area (Å²) in [5.74, 6) is -0.732. The summed E-state index contributed by atoms with van der Waals surface area (Å²) in [5, 5.41) is 0.463. The monoisotopic (exact) mass is 319 g/mol. The van der Waals surface area contributed by atoms with Gasteiger partial charge < -0.3 is 4.90 Å². The average molecular weight is 321 g/mol. The summed E-state index contributed by atoms with van der Waals surface area (Å²) in [4.78, 5) is 1.90. The minimum absolute atomic E-state index is 0.320. The highest BCUT2D eigenvalue weighted by atomic mass is 35.5. The minimum atomic E-state index is -0.461. The summed E-state index contributed by atoms with van der Waals surface area (Å²) in [5.41, 5.74) is 1.37. The van der Waals surface area contributed by atoms with Crippen molar-refractivity contribution in [3.05, 3.63) is 51.8 Å². The first kappa shape index (κ1) is 14.7. The van der Waals surface area contributed by atoms with E-state index in [-0.39, 0.29) is 5.82 Å². The molecule has 1 aliphatic rings. The van der Waals surface area contributed by atoms with Gasteiger partial charge in [-0.3, -0.25) is 0 Å². The second-order valence-electron chi connectivity index (χ2n) is 4.60. The van der Waals surface area contributed by atoms with E-state index in [0.717, 1.165) is 5.69 Å². The van der Waals surface area contributed by atoms with Gasteiger partial charge in [-0.25, -0.2) is 4.39 Å². The number of nitrogens with zero attached hydrogens (tertiary/aromatic N) is 1. The average Bonchev–Trinajstić information content (AvgIpc) is 2.29. The van der Waals surface area contributed by atoms with Gasteiger partial charge in [0.1, 0.15) is 5.82 Å². The first-order valence-corrected chi connectivity index (χ1v) is 6.94. The molecule has 1 aromatic rings. The van der Waals surface area contributed by atoms with Gasteiger partial charge in [0.2, 0.25) is 0 Å². The molecule has 0 radical (unpaired) electrons. The van der Waals surface area contributed by atoms with Crippen molar-refractivity contribution in [2.24, 2.45) is 0 Å². The normalized spacial score (nSPS) is 22.8.